The van der Waals surface area contributed by atoms with Crippen LogP contribution < -0.4 is 11.1 Å². The van der Waals surface area contributed by atoms with Crippen LogP contribution in [0.15, 0.2) is 42.9 Å². The largest absolute Gasteiger partial charge is 0.352 e. The Balaban J connectivity index is 1.50. The third kappa shape index (κ3) is 5.16. The van der Waals surface area contributed by atoms with E-state index in [0.29, 0.717) is 12.3 Å². The van der Waals surface area contributed by atoms with E-state index in [9.17, 15) is 4.79 Å². The molecule has 0 aliphatic heterocycles. The summed E-state index contributed by atoms with van der Waals surface area (Å²) in [4.78, 5) is 16.7. The average molecular weight is 340 g/mol. The smallest absolute Gasteiger partial charge is 0.237 e. The van der Waals surface area contributed by atoms with Gasteiger partial charge in [-0.05, 0) is 24.3 Å². The van der Waals surface area contributed by atoms with E-state index in [1.54, 1.807) is 6.33 Å². The number of amides is 1. The third-order valence-corrected chi connectivity index (χ3v) is 4.94. The molecular formula is C20H28N4O. The van der Waals surface area contributed by atoms with Gasteiger partial charge in [0.1, 0.15) is 0 Å². The second kappa shape index (κ2) is 8.30. The van der Waals surface area contributed by atoms with Crippen molar-refractivity contribution in [3.8, 4) is 0 Å². The van der Waals surface area contributed by atoms with Gasteiger partial charge in [-0.15, -0.1) is 0 Å². The highest BCUT2D eigenvalue weighted by Crippen LogP contribution is 2.23. The molecule has 1 aliphatic carbocycles. The van der Waals surface area contributed by atoms with Gasteiger partial charge >= 0.3 is 0 Å². The number of aromatic nitrogens is 2. The summed E-state index contributed by atoms with van der Waals surface area (Å²) >= 11 is 0. The number of carbonyl (C=O) groups is 1. The van der Waals surface area contributed by atoms with E-state index in [4.69, 9.17) is 5.73 Å². The van der Waals surface area contributed by atoms with Gasteiger partial charge in [0.05, 0.1) is 18.1 Å². The lowest BCUT2D eigenvalue weighted by Gasteiger charge is -2.28. The number of hydrogen-bond acceptors (Lipinski definition) is 3. The molecule has 1 fully saturated rings. The highest BCUT2D eigenvalue weighted by Gasteiger charge is 2.23. The maximum absolute atomic E-state index is 12.3. The van der Waals surface area contributed by atoms with Gasteiger partial charge in [0, 0.05) is 25.2 Å². The quantitative estimate of drug-likeness (QED) is 0.848. The average Bonchev–Trinajstić information content (AvgIpc) is 3.02. The van der Waals surface area contributed by atoms with Crippen molar-refractivity contribution in [2.24, 2.45) is 11.7 Å². The summed E-state index contributed by atoms with van der Waals surface area (Å²) < 4.78 is 2.03. The molecule has 134 valence electrons. The van der Waals surface area contributed by atoms with Gasteiger partial charge in [-0.25, -0.2) is 4.98 Å². The Hall–Kier alpha value is -2.14. The van der Waals surface area contributed by atoms with Crippen LogP contribution in [0.2, 0.25) is 0 Å². The molecule has 5 heteroatoms. The molecule has 1 heterocycles. The van der Waals surface area contributed by atoms with E-state index >= 15 is 0 Å². The van der Waals surface area contributed by atoms with Crippen molar-refractivity contribution in [2.75, 3.05) is 0 Å². The first-order chi connectivity index (χ1) is 12.1. The molecule has 25 heavy (non-hydrogen) atoms. The van der Waals surface area contributed by atoms with Crippen molar-refractivity contribution in [1.82, 2.24) is 14.9 Å². The van der Waals surface area contributed by atoms with Gasteiger partial charge in [-0.1, -0.05) is 50.1 Å². The Bertz CT molecular complexity index is 682. The minimum absolute atomic E-state index is 0.0586. The number of nitrogens with two attached hydrogens (primary N) is 1. The molecule has 0 radical (unpaired) electrons. The Morgan fingerprint density at radius 2 is 2.16 bits per heavy atom. The number of imidazole rings is 1. The van der Waals surface area contributed by atoms with Crippen LogP contribution in [-0.4, -0.2) is 27.5 Å². The van der Waals surface area contributed by atoms with Crippen molar-refractivity contribution in [2.45, 2.75) is 57.7 Å². The summed E-state index contributed by atoms with van der Waals surface area (Å²) in [7, 11) is 0. The Morgan fingerprint density at radius 3 is 2.92 bits per heavy atom. The van der Waals surface area contributed by atoms with Crippen LogP contribution in [0.25, 0.3) is 0 Å². The number of nitrogens with zero attached hydrogens (tertiary/aromatic N) is 2. The molecule has 2 unspecified atom stereocenters. The summed E-state index contributed by atoms with van der Waals surface area (Å²) in [6.45, 7) is 3.02. The van der Waals surface area contributed by atoms with Crippen LogP contribution >= 0.6 is 0 Å². The minimum Gasteiger partial charge on any atom is -0.352 e. The number of hydrogen-bond donors (Lipinski definition) is 2. The van der Waals surface area contributed by atoms with Gasteiger partial charge in [0.25, 0.3) is 0 Å². The molecule has 1 aromatic carbocycles. The molecule has 0 bridgehead atoms. The fourth-order valence-corrected chi connectivity index (χ4v) is 3.58. The van der Waals surface area contributed by atoms with E-state index in [2.05, 4.69) is 29.4 Å². The van der Waals surface area contributed by atoms with Crippen LogP contribution in [0.1, 0.15) is 43.9 Å². The molecule has 1 aliphatic rings. The normalized spacial score (nSPS) is 21.7. The van der Waals surface area contributed by atoms with Gasteiger partial charge in [-0.2, -0.15) is 0 Å². The van der Waals surface area contributed by atoms with Crippen LogP contribution in [0, 0.1) is 5.92 Å². The van der Waals surface area contributed by atoms with Crippen molar-refractivity contribution in [3.05, 3.63) is 54.1 Å². The molecular weight excluding hydrogens is 312 g/mol. The predicted molar refractivity (Wildman–Crippen MR) is 99.0 cm³/mol. The lowest BCUT2D eigenvalue weighted by Crippen LogP contribution is -2.47. The minimum atomic E-state index is -0.544. The van der Waals surface area contributed by atoms with E-state index in [1.807, 2.05) is 29.0 Å². The van der Waals surface area contributed by atoms with Crippen molar-refractivity contribution >= 4 is 5.91 Å². The van der Waals surface area contributed by atoms with Gasteiger partial charge in [0.2, 0.25) is 5.91 Å². The molecule has 5 nitrogen and oxygen atoms in total. The maximum atomic E-state index is 12.3. The summed E-state index contributed by atoms with van der Waals surface area (Å²) in [5.41, 5.74) is 8.18. The van der Waals surface area contributed by atoms with Crippen LogP contribution in [-0.2, 0) is 17.8 Å². The van der Waals surface area contributed by atoms with Crippen molar-refractivity contribution in [3.63, 3.8) is 0 Å². The van der Waals surface area contributed by atoms with Gasteiger partial charge in [-0.3, -0.25) is 4.79 Å². The summed E-state index contributed by atoms with van der Waals surface area (Å²) in [5.74, 6) is 0.626. The predicted octanol–water partition coefficient (Wildman–Crippen LogP) is 2.50. The fourth-order valence-electron chi connectivity index (χ4n) is 3.58. The van der Waals surface area contributed by atoms with Crippen molar-refractivity contribution in [1.29, 1.82) is 0 Å². The lowest BCUT2D eigenvalue weighted by atomic mass is 9.87. The van der Waals surface area contributed by atoms with E-state index in [-0.39, 0.29) is 11.9 Å². The van der Waals surface area contributed by atoms with E-state index in [1.165, 1.54) is 18.4 Å². The molecule has 3 N–H and O–H groups in total. The van der Waals surface area contributed by atoms with Gasteiger partial charge < -0.3 is 15.6 Å². The zero-order chi connectivity index (χ0) is 17.6. The van der Waals surface area contributed by atoms with Crippen molar-refractivity contribution < 1.29 is 4.79 Å². The number of carbonyl (C=O) groups excluding carboxylic acids is 1. The highest BCUT2D eigenvalue weighted by molar-refractivity contribution is 5.82. The lowest BCUT2D eigenvalue weighted by molar-refractivity contribution is -0.123. The number of nitrogens with one attached hydrogen (secondary N) is 1. The monoisotopic (exact) mass is 340 g/mol. The first kappa shape index (κ1) is 17.7. The number of benzene rings is 1. The molecule has 3 atom stereocenters. The molecule has 2 aromatic rings. The van der Waals surface area contributed by atoms with Crippen LogP contribution in [0.4, 0.5) is 0 Å². The molecule has 1 aromatic heterocycles. The van der Waals surface area contributed by atoms with Crippen LogP contribution in [0.5, 0.6) is 0 Å². The summed E-state index contributed by atoms with van der Waals surface area (Å²) in [5, 5.41) is 3.12. The van der Waals surface area contributed by atoms with Crippen LogP contribution in [0.3, 0.4) is 0 Å². The fraction of sp³-hybridized carbons (Fsp3) is 0.500. The first-order valence-electron chi connectivity index (χ1n) is 9.20. The zero-order valence-electron chi connectivity index (χ0n) is 14.9. The first-order valence-corrected chi connectivity index (χ1v) is 9.20. The molecule has 1 amide bonds. The Morgan fingerprint density at radius 1 is 1.36 bits per heavy atom. The second-order valence-electron chi connectivity index (χ2n) is 7.31. The molecule has 0 saturated heterocycles. The highest BCUT2D eigenvalue weighted by atomic mass is 16.2. The summed E-state index contributed by atoms with van der Waals surface area (Å²) in [6, 6.07) is 9.97. The van der Waals surface area contributed by atoms with Gasteiger partial charge in [0.15, 0.2) is 0 Å². The SMILES string of the molecule is CC1CCCC(NC(=O)[C@@H](N)Cc2cn(Cc3ccccc3)cn2)C1. The second-order valence-corrected chi connectivity index (χ2v) is 7.31. The number of rotatable bonds is 6. The summed E-state index contributed by atoms with van der Waals surface area (Å²) in [6.07, 6.45) is 8.82. The third-order valence-electron chi connectivity index (χ3n) is 4.94. The Kier molecular flexibility index (Phi) is 5.87. The standard InChI is InChI=1S/C20H28N4O/c1-15-6-5-9-17(10-15)23-20(25)19(21)11-18-13-24(14-22-18)12-16-7-3-2-4-8-16/h2-4,7-8,13-15,17,19H,5-6,9-12,21H2,1H3,(H,23,25)/t15?,17?,19-/m0/s1. The molecule has 3 rings (SSSR count). The molecule has 1 saturated carbocycles. The zero-order valence-corrected chi connectivity index (χ0v) is 14.9. The topological polar surface area (TPSA) is 72.9 Å². The maximum Gasteiger partial charge on any atom is 0.237 e. The molecule has 0 spiro atoms. The van der Waals surface area contributed by atoms with E-state index in [0.717, 1.165) is 25.1 Å². The Labute approximate surface area is 149 Å². The van der Waals surface area contributed by atoms with E-state index < -0.39 is 6.04 Å².